The van der Waals surface area contributed by atoms with Gasteiger partial charge >= 0.3 is 5.97 Å². The normalized spacial score (nSPS) is 11.3. The summed E-state index contributed by atoms with van der Waals surface area (Å²) in [5.74, 6) is -0.926. The molecule has 0 amide bonds. The van der Waals surface area contributed by atoms with E-state index in [4.69, 9.17) is 10.2 Å². The van der Waals surface area contributed by atoms with Crippen molar-refractivity contribution >= 4 is 24.7 Å². The zero-order chi connectivity index (χ0) is 9.84. The Labute approximate surface area is 80.7 Å². The largest absolute Gasteiger partial charge is 0.508 e. The summed E-state index contributed by atoms with van der Waals surface area (Å²) in [4.78, 5) is 10.3. The van der Waals surface area contributed by atoms with E-state index in [9.17, 15) is 4.79 Å². The van der Waals surface area contributed by atoms with E-state index in [-0.39, 0.29) is 10.7 Å². The number of hydrogen-bond acceptors (Lipinski definition) is 3. The summed E-state index contributed by atoms with van der Waals surface area (Å²) < 4.78 is 0. The molecule has 0 radical (unpaired) electrons. The summed E-state index contributed by atoms with van der Waals surface area (Å²) in [6, 6.07) is 6.17. The van der Waals surface area contributed by atoms with Gasteiger partial charge in [-0.1, -0.05) is 12.1 Å². The monoisotopic (exact) mass is 196 g/mol. The zero-order valence-corrected chi connectivity index (χ0v) is 7.53. The van der Waals surface area contributed by atoms with Crippen LogP contribution in [0.15, 0.2) is 29.2 Å². The van der Waals surface area contributed by atoms with E-state index in [1.165, 1.54) is 18.2 Å². The van der Waals surface area contributed by atoms with E-state index in [1.54, 1.807) is 12.1 Å². The first kappa shape index (κ1) is 9.67. The number of benzene rings is 1. The van der Waals surface area contributed by atoms with Gasteiger partial charge in [-0.15, -0.1) is 12.6 Å². The lowest BCUT2D eigenvalue weighted by Gasteiger charge is -1.95. The Bertz CT molecular complexity index is 340. The fraction of sp³-hybridized carbons (Fsp3) is 0. The van der Waals surface area contributed by atoms with E-state index in [1.807, 2.05) is 0 Å². The van der Waals surface area contributed by atoms with Gasteiger partial charge in [0.15, 0.2) is 0 Å². The third-order valence-electron chi connectivity index (χ3n) is 1.42. The maximum absolute atomic E-state index is 10.4. The van der Waals surface area contributed by atoms with Crippen LogP contribution in [0.25, 0.3) is 6.08 Å². The van der Waals surface area contributed by atoms with Crippen LogP contribution in [0.4, 0.5) is 0 Å². The molecule has 1 aromatic rings. The number of carboxylic acid groups (broad SMARTS) is 1. The number of carboxylic acids is 1. The predicted molar refractivity (Wildman–Crippen MR) is 52.7 cm³/mol. The van der Waals surface area contributed by atoms with Crippen LogP contribution in [0.1, 0.15) is 5.56 Å². The summed E-state index contributed by atoms with van der Waals surface area (Å²) in [5.41, 5.74) is 0.685. The molecule has 3 nitrogen and oxygen atoms in total. The van der Waals surface area contributed by atoms with Crippen molar-refractivity contribution in [3.63, 3.8) is 0 Å². The first-order valence-corrected chi connectivity index (χ1v) is 3.97. The summed E-state index contributed by atoms with van der Waals surface area (Å²) >= 11 is 3.76. The van der Waals surface area contributed by atoms with Gasteiger partial charge in [0.25, 0.3) is 0 Å². The van der Waals surface area contributed by atoms with E-state index in [0.29, 0.717) is 5.56 Å². The number of phenols is 1. The lowest BCUT2D eigenvalue weighted by molar-refractivity contribution is -0.131. The first-order chi connectivity index (χ1) is 6.09. The van der Waals surface area contributed by atoms with E-state index in [2.05, 4.69) is 12.6 Å². The minimum atomic E-state index is -1.07. The third-order valence-corrected chi connectivity index (χ3v) is 1.74. The number of thiol groups is 1. The second-order valence-corrected chi connectivity index (χ2v) is 2.91. The molecule has 0 aromatic heterocycles. The van der Waals surface area contributed by atoms with Crippen LogP contribution < -0.4 is 0 Å². The fourth-order valence-electron chi connectivity index (χ4n) is 0.790. The Balaban J connectivity index is 2.92. The molecular formula is C9H8O3S. The van der Waals surface area contributed by atoms with Crippen LogP contribution in [0.5, 0.6) is 5.75 Å². The van der Waals surface area contributed by atoms with Gasteiger partial charge in [-0.3, -0.25) is 0 Å². The molecule has 4 heteroatoms. The third kappa shape index (κ3) is 2.83. The van der Waals surface area contributed by atoms with E-state index < -0.39 is 5.97 Å². The lowest BCUT2D eigenvalue weighted by atomic mass is 10.2. The molecule has 0 aliphatic carbocycles. The Morgan fingerprint density at radius 3 is 2.31 bits per heavy atom. The van der Waals surface area contributed by atoms with Gasteiger partial charge in [0.05, 0.1) is 4.91 Å². The number of aromatic hydroxyl groups is 1. The number of aliphatic carboxylic acids is 1. The van der Waals surface area contributed by atoms with Crippen molar-refractivity contribution in [3.05, 3.63) is 34.7 Å². The smallest absolute Gasteiger partial charge is 0.341 e. The topological polar surface area (TPSA) is 57.5 Å². The summed E-state index contributed by atoms with van der Waals surface area (Å²) in [6.07, 6.45) is 1.41. The molecular weight excluding hydrogens is 188 g/mol. The fourth-order valence-corrected chi connectivity index (χ4v) is 0.939. The quantitative estimate of drug-likeness (QED) is 0.499. The Kier molecular flexibility index (Phi) is 2.97. The van der Waals surface area contributed by atoms with Crippen LogP contribution in [0.2, 0.25) is 0 Å². The highest BCUT2D eigenvalue weighted by Gasteiger charge is 2.00. The second-order valence-electron chi connectivity index (χ2n) is 2.43. The number of carbonyl (C=O) groups is 1. The molecule has 1 aromatic carbocycles. The molecule has 0 heterocycles. The molecule has 0 aliphatic heterocycles. The Hall–Kier alpha value is -1.42. The van der Waals surface area contributed by atoms with Crippen molar-refractivity contribution in [3.8, 4) is 5.75 Å². The molecule has 2 N–H and O–H groups in total. The van der Waals surface area contributed by atoms with Gasteiger partial charge in [-0.25, -0.2) is 4.79 Å². The van der Waals surface area contributed by atoms with Crippen molar-refractivity contribution in [2.45, 2.75) is 0 Å². The molecule has 0 spiro atoms. The SMILES string of the molecule is O=C(O)/C(S)=C\c1ccc(O)cc1. The van der Waals surface area contributed by atoms with Gasteiger partial charge < -0.3 is 10.2 Å². The average Bonchev–Trinajstić information content (AvgIpc) is 2.08. The standard InChI is InChI=1S/C9H8O3S/c10-7-3-1-6(2-4-7)5-8(13)9(11)12/h1-5,10,13H,(H,11,12)/b8-5+. The molecule has 13 heavy (non-hydrogen) atoms. The second kappa shape index (κ2) is 4.00. The minimum Gasteiger partial charge on any atom is -0.508 e. The molecule has 0 saturated heterocycles. The lowest BCUT2D eigenvalue weighted by Crippen LogP contribution is -1.92. The summed E-state index contributed by atoms with van der Waals surface area (Å²) in [5, 5.41) is 17.4. The minimum absolute atomic E-state index is 0.0364. The first-order valence-electron chi connectivity index (χ1n) is 3.52. The maximum Gasteiger partial charge on any atom is 0.341 e. The number of hydrogen-bond donors (Lipinski definition) is 3. The summed E-state index contributed by atoms with van der Waals surface area (Å²) in [7, 11) is 0. The van der Waals surface area contributed by atoms with Crippen LogP contribution in [-0.2, 0) is 4.79 Å². The molecule has 0 fully saturated rings. The van der Waals surface area contributed by atoms with Gasteiger partial charge in [-0.2, -0.15) is 0 Å². The highest BCUT2D eigenvalue weighted by atomic mass is 32.1. The highest BCUT2D eigenvalue weighted by molar-refractivity contribution is 7.85. The van der Waals surface area contributed by atoms with E-state index in [0.717, 1.165) is 0 Å². The van der Waals surface area contributed by atoms with Gasteiger partial charge in [0.2, 0.25) is 0 Å². The molecule has 0 unspecified atom stereocenters. The van der Waals surface area contributed by atoms with Gasteiger partial charge in [0, 0.05) is 0 Å². The highest BCUT2D eigenvalue weighted by Crippen LogP contribution is 2.14. The molecule has 0 atom stereocenters. The predicted octanol–water partition coefficient (Wildman–Crippen LogP) is 1.75. The van der Waals surface area contributed by atoms with Crippen LogP contribution in [0, 0.1) is 0 Å². The molecule has 0 aliphatic rings. The molecule has 68 valence electrons. The van der Waals surface area contributed by atoms with Crippen LogP contribution in [-0.4, -0.2) is 16.2 Å². The van der Waals surface area contributed by atoms with E-state index >= 15 is 0 Å². The van der Waals surface area contributed by atoms with Gasteiger partial charge in [-0.05, 0) is 23.8 Å². The van der Waals surface area contributed by atoms with Crippen molar-refractivity contribution in [2.75, 3.05) is 0 Å². The summed E-state index contributed by atoms with van der Waals surface area (Å²) in [6.45, 7) is 0. The van der Waals surface area contributed by atoms with Gasteiger partial charge in [0.1, 0.15) is 5.75 Å². The van der Waals surface area contributed by atoms with Crippen molar-refractivity contribution < 1.29 is 15.0 Å². The molecule has 0 bridgehead atoms. The molecule has 0 saturated carbocycles. The van der Waals surface area contributed by atoms with Crippen molar-refractivity contribution in [1.82, 2.24) is 0 Å². The Morgan fingerprint density at radius 2 is 1.85 bits per heavy atom. The Morgan fingerprint density at radius 1 is 1.31 bits per heavy atom. The zero-order valence-electron chi connectivity index (χ0n) is 6.64. The van der Waals surface area contributed by atoms with Crippen LogP contribution in [0.3, 0.4) is 0 Å². The maximum atomic E-state index is 10.4. The van der Waals surface area contributed by atoms with Crippen LogP contribution >= 0.6 is 12.6 Å². The van der Waals surface area contributed by atoms with Crippen molar-refractivity contribution in [1.29, 1.82) is 0 Å². The average molecular weight is 196 g/mol. The number of phenolic OH excluding ortho intramolecular Hbond substituents is 1. The van der Waals surface area contributed by atoms with Crippen molar-refractivity contribution in [2.24, 2.45) is 0 Å². The molecule has 1 rings (SSSR count). The number of rotatable bonds is 2.